The second-order valence-corrected chi connectivity index (χ2v) is 12.7. The van der Waals surface area contributed by atoms with Crippen LogP contribution in [0.4, 0.5) is 4.39 Å². The molecule has 1 atom stereocenters. The fourth-order valence-corrected chi connectivity index (χ4v) is 6.76. The summed E-state index contributed by atoms with van der Waals surface area (Å²) >= 11 is -1.27. The Bertz CT molecular complexity index is 1530. The number of carbonyl (C=O) groups is 2. The monoisotopic (exact) mass is 594 g/mol. The summed E-state index contributed by atoms with van der Waals surface area (Å²) in [5.41, 5.74) is 5.87. The van der Waals surface area contributed by atoms with Gasteiger partial charge in [-0.3, -0.25) is 9.59 Å². The number of ether oxygens (including phenoxy) is 1. The molecule has 3 aromatic rings. The fraction of sp³-hybridized carbons (Fsp3) is 0.438. The molecule has 1 unspecified atom stereocenters. The third kappa shape index (κ3) is 6.27. The number of amides is 1. The summed E-state index contributed by atoms with van der Waals surface area (Å²) < 4.78 is 38.5. The van der Waals surface area contributed by atoms with Crippen molar-refractivity contribution in [3.05, 3.63) is 64.5 Å². The highest BCUT2D eigenvalue weighted by Crippen LogP contribution is 2.46. The Morgan fingerprint density at radius 2 is 1.88 bits per heavy atom. The Hall–Kier alpha value is -3.18. The van der Waals surface area contributed by atoms with E-state index in [0.717, 1.165) is 54.1 Å². The fourth-order valence-electron chi connectivity index (χ4n) is 6.21. The minimum atomic E-state index is -1.27. The van der Waals surface area contributed by atoms with Crippen molar-refractivity contribution < 1.29 is 22.9 Å². The van der Waals surface area contributed by atoms with Crippen LogP contribution in [0.1, 0.15) is 59.5 Å². The molecule has 1 N–H and O–H groups in total. The first-order chi connectivity index (χ1) is 20.3. The molecule has 1 fully saturated rings. The zero-order chi connectivity index (χ0) is 29.8. The zero-order valence-electron chi connectivity index (χ0n) is 24.5. The molecule has 10 heteroatoms. The van der Waals surface area contributed by atoms with Crippen molar-refractivity contribution in [2.75, 3.05) is 47.4 Å². The largest absolute Gasteiger partial charge is 0.378 e. The topological polar surface area (TPSA) is 83.9 Å². The lowest BCUT2D eigenvalue weighted by molar-refractivity contribution is -0.126. The van der Waals surface area contributed by atoms with Gasteiger partial charge in [-0.2, -0.15) is 0 Å². The first-order valence-electron chi connectivity index (χ1n) is 14.6. The number of fused-ring (bicyclic) bond motifs is 5. The van der Waals surface area contributed by atoms with Gasteiger partial charge in [-0.1, -0.05) is 31.4 Å². The number of hydrogen-bond donors (Lipinski definition) is 1. The van der Waals surface area contributed by atoms with E-state index in [1.165, 1.54) is 24.1 Å². The molecule has 0 saturated heterocycles. The number of aldehydes is 1. The Labute approximate surface area is 249 Å². The van der Waals surface area contributed by atoms with Crippen LogP contribution in [0.25, 0.3) is 28.2 Å². The van der Waals surface area contributed by atoms with Crippen LogP contribution >= 0.6 is 0 Å². The second-order valence-electron chi connectivity index (χ2n) is 11.1. The van der Waals surface area contributed by atoms with Crippen LogP contribution in [0, 0.1) is 5.82 Å². The van der Waals surface area contributed by atoms with Crippen LogP contribution in [0.2, 0.25) is 0 Å². The van der Waals surface area contributed by atoms with Gasteiger partial charge in [0, 0.05) is 54.8 Å². The van der Waals surface area contributed by atoms with Crippen molar-refractivity contribution in [1.82, 2.24) is 18.5 Å². The molecule has 0 bridgehead atoms. The van der Waals surface area contributed by atoms with Gasteiger partial charge in [0.2, 0.25) is 0 Å². The van der Waals surface area contributed by atoms with Crippen LogP contribution in [-0.2, 0) is 27.2 Å². The van der Waals surface area contributed by atoms with E-state index < -0.39 is 11.2 Å². The minimum absolute atomic E-state index is 0.164. The summed E-state index contributed by atoms with van der Waals surface area (Å²) in [6, 6.07) is 10.6. The molecule has 0 radical (unpaired) electrons. The summed E-state index contributed by atoms with van der Waals surface area (Å²) in [6.45, 7) is 1.86. The average Bonchev–Trinajstić information content (AvgIpc) is 3.22. The first kappa shape index (κ1) is 30.3. The Morgan fingerprint density at radius 1 is 1.12 bits per heavy atom. The van der Waals surface area contributed by atoms with Gasteiger partial charge in [-0.05, 0) is 67.3 Å². The molecule has 224 valence electrons. The maximum atomic E-state index is 14.6. The summed E-state index contributed by atoms with van der Waals surface area (Å²) in [4.78, 5) is 27.2. The predicted octanol–water partition coefficient (Wildman–Crippen LogP) is 4.91. The number of rotatable bonds is 11. The number of halogens is 1. The lowest BCUT2D eigenvalue weighted by Gasteiger charge is -2.24. The molecule has 5 rings (SSSR count). The van der Waals surface area contributed by atoms with E-state index in [4.69, 9.17) is 4.74 Å². The second kappa shape index (κ2) is 13.4. The lowest BCUT2D eigenvalue weighted by atomic mass is 9.81. The van der Waals surface area contributed by atoms with Gasteiger partial charge in [0.1, 0.15) is 12.1 Å². The normalized spacial score (nSPS) is 16.1. The molecule has 1 saturated carbocycles. The average molecular weight is 595 g/mol. The third-order valence-electron chi connectivity index (χ3n) is 8.40. The Kier molecular flexibility index (Phi) is 9.67. The molecule has 42 heavy (non-hydrogen) atoms. The molecule has 2 aromatic carbocycles. The van der Waals surface area contributed by atoms with Crippen molar-refractivity contribution in [1.29, 1.82) is 0 Å². The number of aromatic nitrogens is 1. The van der Waals surface area contributed by atoms with Gasteiger partial charge in [-0.25, -0.2) is 17.6 Å². The quantitative estimate of drug-likeness (QED) is 0.253. The van der Waals surface area contributed by atoms with Crippen molar-refractivity contribution in [3.63, 3.8) is 0 Å². The Morgan fingerprint density at radius 3 is 2.62 bits per heavy atom. The molecule has 0 spiro atoms. The molecule has 1 aromatic heterocycles. The summed E-state index contributed by atoms with van der Waals surface area (Å²) in [6.07, 6.45) is 8.39. The van der Waals surface area contributed by atoms with Crippen LogP contribution in [0.15, 0.2) is 42.0 Å². The maximum Gasteiger partial charge on any atom is 0.251 e. The molecule has 2 aliphatic rings. The van der Waals surface area contributed by atoms with Gasteiger partial charge in [0.25, 0.3) is 5.91 Å². The molecule has 1 aliphatic carbocycles. The van der Waals surface area contributed by atoms with E-state index in [1.807, 2.05) is 30.3 Å². The third-order valence-corrected chi connectivity index (χ3v) is 9.50. The highest BCUT2D eigenvalue weighted by atomic mass is 32.2. The molecule has 1 aliphatic heterocycles. The van der Waals surface area contributed by atoms with Crippen molar-refractivity contribution in [2.24, 2.45) is 0 Å². The molecular weight excluding hydrogens is 555 g/mol. The molecule has 1 amide bonds. The van der Waals surface area contributed by atoms with Crippen molar-refractivity contribution in [3.8, 4) is 11.3 Å². The molecule has 8 nitrogen and oxygen atoms in total. The van der Waals surface area contributed by atoms with E-state index in [0.29, 0.717) is 55.5 Å². The highest BCUT2D eigenvalue weighted by Gasteiger charge is 2.30. The lowest BCUT2D eigenvalue weighted by Crippen LogP contribution is -2.34. The number of benzene rings is 2. The van der Waals surface area contributed by atoms with Crippen LogP contribution in [0.5, 0.6) is 0 Å². The van der Waals surface area contributed by atoms with Crippen LogP contribution < -0.4 is 4.72 Å². The van der Waals surface area contributed by atoms with Crippen molar-refractivity contribution in [2.45, 2.75) is 44.6 Å². The van der Waals surface area contributed by atoms with Gasteiger partial charge < -0.3 is 14.2 Å². The smallest absolute Gasteiger partial charge is 0.251 e. The number of nitrogens with zero attached hydrogens (tertiary/aromatic N) is 3. The van der Waals surface area contributed by atoms with Crippen molar-refractivity contribution >= 4 is 40.3 Å². The number of nitrogens with one attached hydrogen (secondary N) is 1. The number of carbonyl (C=O) groups excluding carboxylic acids is 2. The highest BCUT2D eigenvalue weighted by molar-refractivity contribution is 7.80. The van der Waals surface area contributed by atoms with E-state index in [9.17, 15) is 18.2 Å². The summed E-state index contributed by atoms with van der Waals surface area (Å²) in [5, 5.41) is 1.09. The zero-order valence-corrected chi connectivity index (χ0v) is 25.3. The number of hydrogen-bond acceptors (Lipinski definition) is 4. The first-order valence-corrected chi connectivity index (χ1v) is 15.7. The van der Waals surface area contributed by atoms with Crippen LogP contribution in [0.3, 0.4) is 0 Å². The van der Waals surface area contributed by atoms with E-state index in [-0.39, 0.29) is 11.7 Å². The summed E-state index contributed by atoms with van der Waals surface area (Å²) in [7, 11) is 5.10. The maximum absolute atomic E-state index is 14.6. The van der Waals surface area contributed by atoms with Gasteiger partial charge in [-0.15, -0.1) is 0 Å². The standard InChI is InChI=1S/C32H39FN4O4S/c1-34-42(40)36(3)14-16-41-15-13-35(2)32(39)25-18-24-19-26(33)10-12-27(24)31-30(23-7-5-4-6-8-23)28-11-9-22(21-38)17-29(28)37(31)20-25/h9-12,17-19,21,23,34H,4-8,13-16,20H2,1-3H3. The SMILES string of the molecule is CNS(=O)N(C)CCOCCN(C)C(=O)C1=Cc2cc(F)ccc2-c2c(C3CCCCC3)c3ccc(C=O)cc3n2C1. The number of likely N-dealkylation sites (N-methyl/N-ethyl adjacent to an activating group) is 2. The molecule has 2 heterocycles. The van der Waals surface area contributed by atoms with E-state index >= 15 is 0 Å². The minimum Gasteiger partial charge on any atom is -0.378 e. The predicted molar refractivity (Wildman–Crippen MR) is 165 cm³/mol. The van der Waals surface area contributed by atoms with Gasteiger partial charge in [0.15, 0.2) is 11.2 Å². The van der Waals surface area contributed by atoms with E-state index in [1.54, 1.807) is 30.3 Å². The van der Waals surface area contributed by atoms with Gasteiger partial charge in [0.05, 0.1) is 25.5 Å². The van der Waals surface area contributed by atoms with E-state index in [2.05, 4.69) is 9.29 Å². The molecular formula is C32H39FN4O4S. The Balaban J connectivity index is 1.47. The van der Waals surface area contributed by atoms with Gasteiger partial charge >= 0.3 is 0 Å². The summed E-state index contributed by atoms with van der Waals surface area (Å²) in [5.74, 6) is -0.156. The van der Waals surface area contributed by atoms with Crippen LogP contribution in [-0.4, -0.2) is 77.6 Å².